The van der Waals surface area contributed by atoms with Crippen molar-refractivity contribution in [3.63, 3.8) is 0 Å². The SMILES string of the molecule is C1=CN2c3ccccc3Sc3cccc(c32)[C@H]1c1ccccc1. The molecule has 110 valence electrons. The fourth-order valence-corrected chi connectivity index (χ4v) is 4.61. The minimum Gasteiger partial charge on any atom is -0.315 e. The Morgan fingerprint density at radius 1 is 0.739 bits per heavy atom. The Bertz CT molecular complexity index is 914. The standard InChI is InChI=1S/C21H15NS/c1-2-7-15(8-3-1)16-13-14-22-18-10-4-5-11-19(18)23-20-12-6-9-17(16)21(20)22/h1-14,16H/t16-/m1/s1. The number of fused-ring (bicyclic) bond motifs is 2. The lowest BCUT2D eigenvalue weighted by molar-refractivity contribution is 0.957. The Hall–Kier alpha value is -2.45. The van der Waals surface area contributed by atoms with Crippen LogP contribution in [0.2, 0.25) is 0 Å². The molecule has 0 saturated carbocycles. The van der Waals surface area contributed by atoms with Crippen molar-refractivity contribution in [2.45, 2.75) is 15.7 Å². The van der Waals surface area contributed by atoms with Crippen molar-refractivity contribution in [1.29, 1.82) is 0 Å². The summed E-state index contributed by atoms with van der Waals surface area (Å²) in [4.78, 5) is 5.00. The van der Waals surface area contributed by atoms with Crippen LogP contribution in [0.15, 0.2) is 94.9 Å². The van der Waals surface area contributed by atoms with Crippen LogP contribution in [-0.2, 0) is 0 Å². The molecule has 2 heterocycles. The Kier molecular flexibility index (Phi) is 2.85. The number of hydrogen-bond acceptors (Lipinski definition) is 2. The Morgan fingerprint density at radius 2 is 1.52 bits per heavy atom. The van der Waals surface area contributed by atoms with Gasteiger partial charge in [-0.25, -0.2) is 0 Å². The summed E-state index contributed by atoms with van der Waals surface area (Å²) in [5.74, 6) is 0.327. The van der Waals surface area contributed by atoms with Crippen LogP contribution in [0.3, 0.4) is 0 Å². The average Bonchev–Trinajstić information content (AvgIpc) is 2.63. The third-order valence-corrected chi connectivity index (χ3v) is 5.65. The molecule has 2 aliphatic heterocycles. The fraction of sp³-hybridized carbons (Fsp3) is 0.0476. The molecular weight excluding hydrogens is 298 g/mol. The Balaban J connectivity index is 1.72. The number of rotatable bonds is 1. The van der Waals surface area contributed by atoms with Crippen molar-refractivity contribution in [3.05, 3.63) is 96.2 Å². The highest BCUT2D eigenvalue weighted by Crippen LogP contribution is 2.53. The molecule has 3 aromatic carbocycles. The Labute approximate surface area is 140 Å². The van der Waals surface area contributed by atoms with Crippen LogP contribution in [0.25, 0.3) is 0 Å². The van der Waals surface area contributed by atoms with Crippen LogP contribution in [0.5, 0.6) is 0 Å². The summed E-state index contributed by atoms with van der Waals surface area (Å²) in [7, 11) is 0. The monoisotopic (exact) mass is 313 g/mol. The van der Waals surface area contributed by atoms with E-state index < -0.39 is 0 Å². The molecule has 0 saturated heterocycles. The highest BCUT2D eigenvalue weighted by Gasteiger charge is 2.29. The van der Waals surface area contributed by atoms with Crippen LogP contribution in [0, 0.1) is 0 Å². The van der Waals surface area contributed by atoms with Gasteiger partial charge in [-0.05, 0) is 29.3 Å². The van der Waals surface area contributed by atoms with Gasteiger partial charge in [-0.1, -0.05) is 72.4 Å². The summed E-state index contributed by atoms with van der Waals surface area (Å²) in [6.07, 6.45) is 4.55. The summed E-state index contributed by atoms with van der Waals surface area (Å²) in [5, 5.41) is 0. The summed E-state index contributed by atoms with van der Waals surface area (Å²) >= 11 is 1.87. The second-order valence-corrected chi connectivity index (χ2v) is 6.95. The molecular formula is C21H15NS. The maximum absolute atomic E-state index is 2.34. The zero-order valence-corrected chi connectivity index (χ0v) is 13.3. The number of benzene rings is 3. The van der Waals surface area contributed by atoms with E-state index >= 15 is 0 Å². The van der Waals surface area contributed by atoms with E-state index in [-0.39, 0.29) is 0 Å². The molecule has 0 radical (unpaired) electrons. The molecule has 0 N–H and O–H groups in total. The van der Waals surface area contributed by atoms with Gasteiger partial charge in [-0.2, -0.15) is 0 Å². The molecule has 0 aromatic heterocycles. The van der Waals surface area contributed by atoms with E-state index in [2.05, 4.69) is 90.0 Å². The molecule has 0 bridgehead atoms. The third-order valence-electron chi connectivity index (χ3n) is 4.54. The van der Waals surface area contributed by atoms with Crippen molar-refractivity contribution in [2.75, 3.05) is 4.90 Å². The second-order valence-electron chi connectivity index (χ2n) is 5.86. The maximum Gasteiger partial charge on any atom is 0.0636 e. The van der Waals surface area contributed by atoms with E-state index in [4.69, 9.17) is 0 Å². The topological polar surface area (TPSA) is 3.24 Å². The first-order valence-electron chi connectivity index (χ1n) is 7.84. The highest BCUT2D eigenvalue weighted by molar-refractivity contribution is 7.99. The van der Waals surface area contributed by atoms with Gasteiger partial charge in [-0.15, -0.1) is 0 Å². The maximum atomic E-state index is 2.34. The van der Waals surface area contributed by atoms with Crippen LogP contribution < -0.4 is 4.90 Å². The minimum absolute atomic E-state index is 0.327. The van der Waals surface area contributed by atoms with Gasteiger partial charge >= 0.3 is 0 Å². The zero-order chi connectivity index (χ0) is 15.2. The predicted octanol–water partition coefficient (Wildman–Crippen LogP) is 5.95. The van der Waals surface area contributed by atoms with Gasteiger partial charge in [0.05, 0.1) is 11.4 Å². The zero-order valence-electron chi connectivity index (χ0n) is 12.5. The molecule has 0 aliphatic carbocycles. The first-order chi connectivity index (χ1) is 11.4. The van der Waals surface area contributed by atoms with Crippen molar-refractivity contribution >= 4 is 23.1 Å². The third kappa shape index (κ3) is 1.95. The molecule has 0 spiro atoms. The van der Waals surface area contributed by atoms with Crippen LogP contribution in [-0.4, -0.2) is 0 Å². The summed E-state index contributed by atoms with van der Waals surface area (Å²) in [5.41, 5.74) is 5.35. The van der Waals surface area contributed by atoms with Crippen LogP contribution in [0.1, 0.15) is 17.0 Å². The molecule has 0 unspecified atom stereocenters. The van der Waals surface area contributed by atoms with Gasteiger partial charge in [-0.3, -0.25) is 0 Å². The average molecular weight is 313 g/mol. The number of para-hydroxylation sites is 2. The number of nitrogens with zero attached hydrogens (tertiary/aromatic N) is 1. The van der Waals surface area contributed by atoms with Gasteiger partial charge in [0.2, 0.25) is 0 Å². The van der Waals surface area contributed by atoms with Gasteiger partial charge in [0.1, 0.15) is 0 Å². The molecule has 2 heteroatoms. The molecule has 1 nitrogen and oxygen atoms in total. The normalized spacial score (nSPS) is 17.6. The lowest BCUT2D eigenvalue weighted by Crippen LogP contribution is -2.20. The second kappa shape index (κ2) is 5.04. The van der Waals surface area contributed by atoms with Crippen molar-refractivity contribution < 1.29 is 0 Å². The summed E-state index contributed by atoms with van der Waals surface area (Å²) < 4.78 is 0. The largest absolute Gasteiger partial charge is 0.315 e. The Morgan fingerprint density at radius 3 is 2.43 bits per heavy atom. The van der Waals surface area contributed by atoms with E-state index in [9.17, 15) is 0 Å². The van der Waals surface area contributed by atoms with Crippen molar-refractivity contribution in [3.8, 4) is 0 Å². The van der Waals surface area contributed by atoms with Gasteiger partial charge in [0.15, 0.2) is 0 Å². The van der Waals surface area contributed by atoms with Crippen LogP contribution in [0.4, 0.5) is 11.4 Å². The predicted molar refractivity (Wildman–Crippen MR) is 96.6 cm³/mol. The number of allylic oxidation sites excluding steroid dienone is 1. The van der Waals surface area contributed by atoms with Crippen molar-refractivity contribution in [1.82, 2.24) is 0 Å². The molecule has 2 aliphatic rings. The number of hydrogen-bond donors (Lipinski definition) is 0. The van der Waals surface area contributed by atoms with E-state index in [1.54, 1.807) is 0 Å². The lowest BCUT2D eigenvalue weighted by Gasteiger charge is -2.36. The molecule has 0 fully saturated rings. The fourth-order valence-electron chi connectivity index (χ4n) is 3.49. The molecule has 0 amide bonds. The van der Waals surface area contributed by atoms with Crippen molar-refractivity contribution in [2.24, 2.45) is 0 Å². The highest BCUT2D eigenvalue weighted by atomic mass is 32.2. The molecule has 23 heavy (non-hydrogen) atoms. The summed E-state index contributed by atoms with van der Waals surface area (Å²) in [6.45, 7) is 0. The molecule has 5 rings (SSSR count). The van der Waals surface area contributed by atoms with E-state index in [0.717, 1.165) is 0 Å². The van der Waals surface area contributed by atoms with Gasteiger partial charge in [0, 0.05) is 21.9 Å². The van der Waals surface area contributed by atoms with E-state index in [1.165, 1.54) is 32.3 Å². The minimum atomic E-state index is 0.327. The van der Waals surface area contributed by atoms with Crippen LogP contribution >= 0.6 is 11.8 Å². The van der Waals surface area contributed by atoms with E-state index in [1.807, 2.05) is 11.8 Å². The van der Waals surface area contributed by atoms with Gasteiger partial charge in [0.25, 0.3) is 0 Å². The number of anilines is 2. The quantitative estimate of drug-likeness (QED) is 0.546. The molecule has 1 atom stereocenters. The van der Waals surface area contributed by atoms with Gasteiger partial charge < -0.3 is 4.90 Å². The summed E-state index contributed by atoms with van der Waals surface area (Å²) in [6, 6.07) is 26.1. The first-order valence-corrected chi connectivity index (χ1v) is 8.66. The molecule has 3 aromatic rings. The first kappa shape index (κ1) is 13.0. The lowest BCUT2D eigenvalue weighted by atomic mass is 9.87. The van der Waals surface area contributed by atoms with E-state index in [0.29, 0.717) is 5.92 Å². The smallest absolute Gasteiger partial charge is 0.0636 e.